The van der Waals surface area contributed by atoms with Gasteiger partial charge in [0.15, 0.2) is 0 Å². The van der Waals surface area contributed by atoms with E-state index in [1.165, 1.54) is 38.5 Å². The maximum atomic E-state index is 2.44. The molecule has 0 heteroatoms. The van der Waals surface area contributed by atoms with Crippen molar-refractivity contribution in [2.24, 2.45) is 23.2 Å². The highest BCUT2D eigenvalue weighted by atomic mass is 14.4. The van der Waals surface area contributed by atoms with E-state index in [9.17, 15) is 0 Å². The Morgan fingerprint density at radius 3 is 2.27 bits per heavy atom. The molecule has 3 atom stereocenters. The van der Waals surface area contributed by atoms with E-state index >= 15 is 0 Å². The minimum Gasteiger partial charge on any atom is -0.0651 e. The van der Waals surface area contributed by atoms with Gasteiger partial charge in [-0.05, 0) is 42.4 Å². The average molecular weight is 210 g/mol. The number of hydrogen-bond donors (Lipinski definition) is 0. The highest BCUT2D eigenvalue weighted by molar-refractivity contribution is 4.82. The van der Waals surface area contributed by atoms with Crippen LogP contribution in [0.1, 0.15) is 73.1 Å². The zero-order chi connectivity index (χ0) is 11.5. The Bertz CT molecular complexity index is 180. The first kappa shape index (κ1) is 13.1. The zero-order valence-electron chi connectivity index (χ0n) is 11.5. The van der Waals surface area contributed by atoms with Crippen molar-refractivity contribution < 1.29 is 0 Å². The Hall–Kier alpha value is 0. The molecule has 90 valence electrons. The molecule has 0 spiro atoms. The summed E-state index contributed by atoms with van der Waals surface area (Å²) in [5.74, 6) is 3.01. The lowest BCUT2D eigenvalue weighted by Crippen LogP contribution is -2.27. The molecule has 0 saturated heterocycles. The van der Waals surface area contributed by atoms with Gasteiger partial charge in [-0.2, -0.15) is 0 Å². The molecule has 0 aromatic carbocycles. The van der Waals surface area contributed by atoms with E-state index < -0.39 is 0 Å². The lowest BCUT2D eigenvalue weighted by molar-refractivity contribution is 0.125. The fourth-order valence-electron chi connectivity index (χ4n) is 3.18. The normalized spacial score (nSPS) is 33.0. The van der Waals surface area contributed by atoms with Gasteiger partial charge in [0.05, 0.1) is 0 Å². The molecule has 0 radical (unpaired) electrons. The van der Waals surface area contributed by atoms with Crippen LogP contribution < -0.4 is 0 Å². The van der Waals surface area contributed by atoms with Crippen molar-refractivity contribution in [3.8, 4) is 0 Å². The maximum absolute atomic E-state index is 2.44. The summed E-state index contributed by atoms with van der Waals surface area (Å²) in [5.41, 5.74) is 0.568. The predicted molar refractivity (Wildman–Crippen MR) is 69.0 cm³/mol. The van der Waals surface area contributed by atoms with Crippen LogP contribution in [0, 0.1) is 23.2 Å². The van der Waals surface area contributed by atoms with Gasteiger partial charge in [0.2, 0.25) is 0 Å². The molecule has 0 N–H and O–H groups in total. The monoisotopic (exact) mass is 210 g/mol. The van der Waals surface area contributed by atoms with E-state index in [0.29, 0.717) is 5.41 Å². The molecule has 0 heterocycles. The van der Waals surface area contributed by atoms with Crippen LogP contribution in [-0.4, -0.2) is 0 Å². The Morgan fingerprint density at radius 1 is 1.07 bits per heavy atom. The minimum absolute atomic E-state index is 0.568. The lowest BCUT2D eigenvalue weighted by atomic mass is 9.67. The van der Waals surface area contributed by atoms with Crippen molar-refractivity contribution in [2.45, 2.75) is 73.1 Å². The van der Waals surface area contributed by atoms with Gasteiger partial charge >= 0.3 is 0 Å². The SMILES string of the molecule is CCC1CC(C)CCC1CC(C)(C)CC. The van der Waals surface area contributed by atoms with E-state index in [-0.39, 0.29) is 0 Å². The molecule has 1 aliphatic rings. The predicted octanol–water partition coefficient (Wildman–Crippen LogP) is 5.28. The van der Waals surface area contributed by atoms with Crippen molar-refractivity contribution in [3.63, 3.8) is 0 Å². The third-order valence-electron chi connectivity index (χ3n) is 4.70. The van der Waals surface area contributed by atoms with Gasteiger partial charge in [-0.3, -0.25) is 0 Å². The summed E-state index contributed by atoms with van der Waals surface area (Å²) in [6.45, 7) is 12.0. The van der Waals surface area contributed by atoms with E-state index in [1.54, 1.807) is 0 Å². The van der Waals surface area contributed by atoms with Crippen molar-refractivity contribution in [1.29, 1.82) is 0 Å². The van der Waals surface area contributed by atoms with E-state index in [4.69, 9.17) is 0 Å². The molecule has 0 bridgehead atoms. The Morgan fingerprint density at radius 2 is 1.73 bits per heavy atom. The van der Waals surface area contributed by atoms with Gasteiger partial charge in [-0.25, -0.2) is 0 Å². The van der Waals surface area contributed by atoms with Crippen molar-refractivity contribution in [3.05, 3.63) is 0 Å². The highest BCUT2D eigenvalue weighted by Crippen LogP contribution is 2.42. The van der Waals surface area contributed by atoms with Gasteiger partial charge in [-0.15, -0.1) is 0 Å². The summed E-state index contributed by atoms with van der Waals surface area (Å²) in [6, 6.07) is 0. The molecule has 0 aliphatic heterocycles. The lowest BCUT2D eigenvalue weighted by Gasteiger charge is -2.38. The molecule has 0 nitrogen and oxygen atoms in total. The van der Waals surface area contributed by atoms with Crippen LogP contribution in [0.4, 0.5) is 0 Å². The highest BCUT2D eigenvalue weighted by Gasteiger charge is 2.31. The smallest absolute Gasteiger partial charge is 0.0354 e. The van der Waals surface area contributed by atoms with Gasteiger partial charge in [0.1, 0.15) is 0 Å². The molecule has 0 aromatic heterocycles. The average Bonchev–Trinajstić information content (AvgIpc) is 2.20. The number of hydrogen-bond acceptors (Lipinski definition) is 0. The Kier molecular flexibility index (Phi) is 4.67. The van der Waals surface area contributed by atoms with Crippen LogP contribution in [0.15, 0.2) is 0 Å². The summed E-state index contributed by atoms with van der Waals surface area (Å²) in [7, 11) is 0. The van der Waals surface area contributed by atoms with Crippen molar-refractivity contribution in [1.82, 2.24) is 0 Å². The van der Waals surface area contributed by atoms with Gasteiger partial charge in [0.25, 0.3) is 0 Å². The molecule has 3 unspecified atom stereocenters. The second-order valence-corrected chi connectivity index (χ2v) is 6.57. The van der Waals surface area contributed by atoms with Gasteiger partial charge in [-0.1, -0.05) is 53.9 Å². The molecular formula is C15H30. The first-order valence-corrected chi connectivity index (χ1v) is 6.98. The molecule has 0 aromatic rings. The summed E-state index contributed by atoms with van der Waals surface area (Å²) < 4.78 is 0. The molecule has 1 rings (SSSR count). The number of rotatable bonds is 4. The largest absolute Gasteiger partial charge is 0.0651 e. The van der Waals surface area contributed by atoms with E-state index in [1.807, 2.05) is 0 Å². The molecule has 1 fully saturated rings. The van der Waals surface area contributed by atoms with E-state index in [0.717, 1.165) is 17.8 Å². The van der Waals surface area contributed by atoms with Gasteiger partial charge < -0.3 is 0 Å². The fraction of sp³-hybridized carbons (Fsp3) is 1.00. The first-order chi connectivity index (χ1) is 6.98. The summed E-state index contributed by atoms with van der Waals surface area (Å²) in [4.78, 5) is 0. The van der Waals surface area contributed by atoms with Crippen LogP contribution in [0.2, 0.25) is 0 Å². The zero-order valence-corrected chi connectivity index (χ0v) is 11.5. The fourth-order valence-corrected chi connectivity index (χ4v) is 3.18. The second-order valence-electron chi connectivity index (χ2n) is 6.57. The summed E-state index contributed by atoms with van der Waals surface area (Å²) >= 11 is 0. The van der Waals surface area contributed by atoms with Gasteiger partial charge in [0, 0.05) is 0 Å². The van der Waals surface area contributed by atoms with Crippen LogP contribution in [0.5, 0.6) is 0 Å². The minimum atomic E-state index is 0.568. The van der Waals surface area contributed by atoms with Crippen LogP contribution in [0.25, 0.3) is 0 Å². The molecular weight excluding hydrogens is 180 g/mol. The third-order valence-corrected chi connectivity index (χ3v) is 4.70. The summed E-state index contributed by atoms with van der Waals surface area (Å²) in [5, 5.41) is 0. The quantitative estimate of drug-likeness (QED) is 0.592. The van der Waals surface area contributed by atoms with Crippen LogP contribution >= 0.6 is 0 Å². The molecule has 0 amide bonds. The third kappa shape index (κ3) is 3.81. The maximum Gasteiger partial charge on any atom is -0.0354 e. The van der Waals surface area contributed by atoms with Crippen molar-refractivity contribution in [2.75, 3.05) is 0 Å². The van der Waals surface area contributed by atoms with Crippen LogP contribution in [0.3, 0.4) is 0 Å². The van der Waals surface area contributed by atoms with Crippen LogP contribution in [-0.2, 0) is 0 Å². The molecule has 1 aliphatic carbocycles. The topological polar surface area (TPSA) is 0 Å². The standard InChI is InChI=1S/C15H30/c1-6-13-10-12(3)8-9-14(13)11-15(4,5)7-2/h12-14H,6-11H2,1-5H3. The first-order valence-electron chi connectivity index (χ1n) is 6.98. The summed E-state index contributed by atoms with van der Waals surface area (Å²) in [6.07, 6.45) is 8.63. The van der Waals surface area contributed by atoms with E-state index in [2.05, 4.69) is 34.6 Å². The van der Waals surface area contributed by atoms with Crippen molar-refractivity contribution >= 4 is 0 Å². The second kappa shape index (κ2) is 5.37. The Balaban J connectivity index is 2.52. The molecule has 15 heavy (non-hydrogen) atoms. The molecule has 1 saturated carbocycles. The Labute approximate surface area is 96.8 Å².